The third kappa shape index (κ3) is 39.9. The first-order valence-electron chi connectivity index (χ1n) is 0.775. The summed E-state index contributed by atoms with van der Waals surface area (Å²) in [5.74, 6) is 0. The Morgan fingerprint density at radius 1 is 1.17 bits per heavy atom. The molecule has 6 heavy (non-hydrogen) atoms. The summed E-state index contributed by atoms with van der Waals surface area (Å²) in [5, 5.41) is 21.5. The Balaban J connectivity index is -0.0000000150. The summed E-state index contributed by atoms with van der Waals surface area (Å²) in [6.45, 7) is 0. The molecule has 0 aliphatic heterocycles. The van der Waals surface area contributed by atoms with E-state index in [1.807, 2.05) is 0 Å². The van der Waals surface area contributed by atoms with Gasteiger partial charge in [-0.05, 0) is 0 Å². The van der Waals surface area contributed by atoms with Crippen molar-refractivity contribution in [3.8, 4) is 0 Å². The van der Waals surface area contributed by atoms with Crippen molar-refractivity contribution in [2.75, 3.05) is 0 Å². The van der Waals surface area contributed by atoms with E-state index in [1.165, 1.54) is 0 Å². The smallest absolute Gasteiger partial charge is 1.00 e. The Morgan fingerprint density at radius 2 is 1.17 bits per heavy atom. The molecule has 3 nitrogen and oxygen atoms in total. The van der Waals surface area contributed by atoms with Crippen LogP contribution in [0.2, 0.25) is 0 Å². The molecular weight excluding hydrogens is 223 g/mol. The molecule has 0 saturated heterocycles. The fraction of sp³-hybridized carbons (Fsp3) is 0. The SMILES string of the molecule is OB(O)O.[Gd].[H-].[Li+]. The van der Waals surface area contributed by atoms with E-state index in [-0.39, 0.29) is 60.2 Å². The first-order chi connectivity index (χ1) is 1.73. The fourth-order valence-corrected chi connectivity index (χ4v) is 0. The Kier molecular flexibility index (Phi) is 26.0. The second-order valence-electron chi connectivity index (χ2n) is 0.346. The van der Waals surface area contributed by atoms with Crippen molar-refractivity contribution in [3.63, 3.8) is 0 Å². The summed E-state index contributed by atoms with van der Waals surface area (Å²) in [7, 11) is -2.17. The third-order valence-corrected chi connectivity index (χ3v) is 0. The first-order valence-corrected chi connectivity index (χ1v) is 0.775. The van der Waals surface area contributed by atoms with E-state index in [0.29, 0.717) is 0 Å². The van der Waals surface area contributed by atoms with Crippen LogP contribution in [0.3, 0.4) is 0 Å². The predicted molar refractivity (Wildman–Crippen MR) is 13.5 cm³/mol. The van der Waals surface area contributed by atoms with E-state index in [9.17, 15) is 0 Å². The van der Waals surface area contributed by atoms with Crippen LogP contribution in [0.4, 0.5) is 0 Å². The zero-order valence-electron chi connectivity index (χ0n) is 4.27. The van der Waals surface area contributed by atoms with Crippen LogP contribution in [0.1, 0.15) is 1.43 Å². The van der Waals surface area contributed by atoms with E-state index < -0.39 is 7.32 Å². The van der Waals surface area contributed by atoms with Gasteiger partial charge in [0.25, 0.3) is 0 Å². The van der Waals surface area contributed by atoms with Crippen molar-refractivity contribution in [1.82, 2.24) is 0 Å². The summed E-state index contributed by atoms with van der Waals surface area (Å²) in [5.41, 5.74) is 0. The normalized spacial score (nSPS) is 4.50. The molecule has 0 aliphatic carbocycles. The molecule has 0 unspecified atom stereocenters. The molecular formula is H4BGdLiO3. The average molecular weight is 227 g/mol. The molecule has 6 heteroatoms. The molecule has 0 aromatic heterocycles. The van der Waals surface area contributed by atoms with Crippen LogP contribution in [0.25, 0.3) is 0 Å². The van der Waals surface area contributed by atoms with Gasteiger partial charge in [-0.2, -0.15) is 0 Å². The van der Waals surface area contributed by atoms with Gasteiger partial charge in [-0.1, -0.05) is 0 Å². The maximum absolute atomic E-state index is 7.17. The molecule has 0 radical (unpaired) electrons. The fourth-order valence-electron chi connectivity index (χ4n) is 0. The second-order valence-corrected chi connectivity index (χ2v) is 0.346. The zero-order chi connectivity index (χ0) is 3.58. The molecule has 0 atom stereocenters. The average Bonchev–Trinajstić information content (AvgIpc) is 0.811. The number of hydrogen-bond donors (Lipinski definition) is 3. The molecule has 0 heterocycles. The molecule has 3 N–H and O–H groups in total. The predicted octanol–water partition coefficient (Wildman–Crippen LogP) is -4.94. The molecule has 0 fully saturated rings. The minimum atomic E-state index is -2.17. The van der Waals surface area contributed by atoms with Crippen LogP contribution < -0.4 is 18.9 Å². The van der Waals surface area contributed by atoms with Crippen molar-refractivity contribution >= 4 is 7.32 Å². The summed E-state index contributed by atoms with van der Waals surface area (Å²) in [6.07, 6.45) is 0. The van der Waals surface area contributed by atoms with E-state index in [1.54, 1.807) is 0 Å². The van der Waals surface area contributed by atoms with Crippen LogP contribution in [-0.4, -0.2) is 22.4 Å². The summed E-state index contributed by atoms with van der Waals surface area (Å²) in [6, 6.07) is 0. The monoisotopic (exact) mass is 228 g/mol. The van der Waals surface area contributed by atoms with Crippen molar-refractivity contribution in [3.05, 3.63) is 0 Å². The summed E-state index contributed by atoms with van der Waals surface area (Å²) < 4.78 is 0. The zero-order valence-corrected chi connectivity index (χ0v) is 5.54. The minimum absolute atomic E-state index is 0. The van der Waals surface area contributed by atoms with Crippen LogP contribution in [0, 0.1) is 39.9 Å². The Labute approximate surface area is 81.7 Å². The van der Waals surface area contributed by atoms with Gasteiger partial charge in [-0.25, -0.2) is 0 Å². The Bertz CT molecular complexity index is 19.7. The molecule has 0 spiro atoms. The second kappa shape index (κ2) is 9.98. The van der Waals surface area contributed by atoms with Gasteiger partial charge in [0, 0.05) is 39.9 Å². The van der Waals surface area contributed by atoms with Crippen molar-refractivity contribution in [2.45, 2.75) is 0 Å². The van der Waals surface area contributed by atoms with Gasteiger partial charge in [0.1, 0.15) is 0 Å². The molecule has 0 rings (SSSR count). The van der Waals surface area contributed by atoms with Gasteiger partial charge >= 0.3 is 26.2 Å². The number of hydrogen-bond acceptors (Lipinski definition) is 3. The molecule has 34 valence electrons. The van der Waals surface area contributed by atoms with Crippen molar-refractivity contribution in [2.24, 2.45) is 0 Å². The maximum Gasteiger partial charge on any atom is 1.00 e. The van der Waals surface area contributed by atoms with Gasteiger partial charge in [-0.15, -0.1) is 0 Å². The third-order valence-electron chi connectivity index (χ3n) is 0. The van der Waals surface area contributed by atoms with Crippen LogP contribution >= 0.6 is 0 Å². The summed E-state index contributed by atoms with van der Waals surface area (Å²) >= 11 is 0. The summed E-state index contributed by atoms with van der Waals surface area (Å²) in [4.78, 5) is 0. The Hall–Kier alpha value is 1.87. The van der Waals surface area contributed by atoms with Gasteiger partial charge in [0.2, 0.25) is 0 Å². The largest absolute Gasteiger partial charge is 1.00 e. The standard InChI is InChI=1S/BH3O3.Gd.Li.H/c2-1(3)4;;;/h2-4H;;;/q;;+1;-1. The van der Waals surface area contributed by atoms with E-state index in [0.717, 1.165) is 0 Å². The molecule has 0 aromatic carbocycles. The molecule has 0 saturated carbocycles. The molecule has 0 aliphatic rings. The first kappa shape index (κ1) is 15.7. The van der Waals surface area contributed by atoms with Gasteiger partial charge < -0.3 is 16.5 Å². The Morgan fingerprint density at radius 3 is 1.17 bits per heavy atom. The van der Waals surface area contributed by atoms with Crippen LogP contribution in [0.15, 0.2) is 0 Å². The van der Waals surface area contributed by atoms with Gasteiger partial charge in [0.05, 0.1) is 0 Å². The van der Waals surface area contributed by atoms with Gasteiger partial charge in [-0.3, -0.25) is 0 Å². The van der Waals surface area contributed by atoms with Crippen molar-refractivity contribution in [1.29, 1.82) is 0 Å². The van der Waals surface area contributed by atoms with E-state index in [2.05, 4.69) is 0 Å². The van der Waals surface area contributed by atoms with Crippen LogP contribution in [0.5, 0.6) is 0 Å². The topological polar surface area (TPSA) is 60.7 Å². The van der Waals surface area contributed by atoms with E-state index >= 15 is 0 Å². The number of rotatable bonds is 0. The minimum Gasteiger partial charge on any atom is -1.00 e. The molecule has 0 amide bonds. The van der Waals surface area contributed by atoms with Crippen molar-refractivity contribution < 1.29 is 75.3 Å². The van der Waals surface area contributed by atoms with Crippen LogP contribution in [-0.2, 0) is 0 Å². The molecule has 0 aromatic rings. The van der Waals surface area contributed by atoms with E-state index in [4.69, 9.17) is 15.1 Å². The molecule has 0 bridgehead atoms. The van der Waals surface area contributed by atoms with Gasteiger partial charge in [0.15, 0.2) is 0 Å². The maximum atomic E-state index is 7.17. The quantitative estimate of drug-likeness (QED) is 0.363.